The minimum Gasteiger partial charge on any atom is -0.507 e. The molecule has 1 fully saturated rings. The van der Waals surface area contributed by atoms with Crippen LogP contribution in [-0.4, -0.2) is 35.5 Å². The predicted molar refractivity (Wildman–Crippen MR) is 158 cm³/mol. The Morgan fingerprint density at radius 3 is 2.59 bits per heavy atom. The Labute approximate surface area is 241 Å². The molecule has 0 spiro atoms. The molecule has 1 aliphatic heterocycles. The molecular formula is C32H31FN2O5S. The summed E-state index contributed by atoms with van der Waals surface area (Å²) < 4.78 is 26.1. The van der Waals surface area contributed by atoms with Crippen LogP contribution in [0.2, 0.25) is 0 Å². The van der Waals surface area contributed by atoms with Gasteiger partial charge in [-0.3, -0.25) is 14.5 Å². The van der Waals surface area contributed by atoms with Crippen LogP contribution in [0.25, 0.3) is 16.0 Å². The third-order valence-electron chi connectivity index (χ3n) is 7.09. The molecule has 5 rings (SSSR count). The summed E-state index contributed by atoms with van der Waals surface area (Å²) in [7, 11) is 1.52. The quantitative estimate of drug-likeness (QED) is 0.137. The zero-order valence-electron chi connectivity index (χ0n) is 23.5. The first-order valence-corrected chi connectivity index (χ1v) is 14.2. The summed E-state index contributed by atoms with van der Waals surface area (Å²) in [5, 5.41) is 11.8. The van der Waals surface area contributed by atoms with Gasteiger partial charge in [0.1, 0.15) is 11.6 Å². The lowest BCUT2D eigenvalue weighted by atomic mass is 9.93. The molecule has 9 heteroatoms. The third-order valence-corrected chi connectivity index (χ3v) is 8.11. The number of aliphatic hydroxyl groups excluding tert-OH is 1. The van der Waals surface area contributed by atoms with E-state index in [1.165, 1.54) is 30.2 Å². The normalized spacial score (nSPS) is 16.7. The number of amides is 1. The number of aliphatic hydroxyl groups is 1. The standard InChI is InChI=1S/C32H31FN2O5S/c1-17(2)12-13-40-24-11-8-20(15-25(24)39-5)28-27(29(36)22-14-18(3)6-7-19(22)4)30(37)31(38)35(28)32-34-23-10-9-21(33)16-26(23)41-32/h6-11,14-17,28,36H,12-13H2,1-5H3. The molecule has 4 aromatic rings. The number of thiazole rings is 1. The van der Waals surface area contributed by atoms with E-state index in [4.69, 9.17) is 9.47 Å². The van der Waals surface area contributed by atoms with Crippen LogP contribution in [-0.2, 0) is 9.59 Å². The van der Waals surface area contributed by atoms with E-state index in [9.17, 15) is 19.1 Å². The van der Waals surface area contributed by atoms with Crippen molar-refractivity contribution in [3.05, 3.63) is 88.2 Å². The fourth-order valence-corrected chi connectivity index (χ4v) is 5.87. The number of methoxy groups -OCH3 is 1. The summed E-state index contributed by atoms with van der Waals surface area (Å²) in [5.41, 5.74) is 3.05. The first-order chi connectivity index (χ1) is 19.6. The van der Waals surface area contributed by atoms with Gasteiger partial charge in [-0.15, -0.1) is 0 Å². The lowest BCUT2D eigenvalue weighted by Crippen LogP contribution is -2.29. The second-order valence-electron chi connectivity index (χ2n) is 10.5. The van der Waals surface area contributed by atoms with Gasteiger partial charge in [-0.25, -0.2) is 9.37 Å². The number of aromatic nitrogens is 1. The molecule has 41 heavy (non-hydrogen) atoms. The number of ether oxygens (including phenoxy) is 2. The molecule has 0 saturated carbocycles. The van der Waals surface area contributed by atoms with Gasteiger partial charge in [0.2, 0.25) is 0 Å². The molecule has 1 unspecified atom stereocenters. The van der Waals surface area contributed by atoms with Crippen molar-refractivity contribution in [3.63, 3.8) is 0 Å². The molecular weight excluding hydrogens is 543 g/mol. The van der Waals surface area contributed by atoms with Crippen molar-refractivity contribution in [2.75, 3.05) is 18.6 Å². The molecule has 1 saturated heterocycles. The number of hydrogen-bond acceptors (Lipinski definition) is 7. The number of halogens is 1. The molecule has 212 valence electrons. The van der Waals surface area contributed by atoms with E-state index in [1.807, 2.05) is 26.0 Å². The second-order valence-corrected chi connectivity index (χ2v) is 11.5. The number of fused-ring (bicyclic) bond motifs is 1. The summed E-state index contributed by atoms with van der Waals surface area (Å²) in [5.74, 6) is -0.965. The van der Waals surface area contributed by atoms with E-state index in [0.29, 0.717) is 45.4 Å². The van der Waals surface area contributed by atoms with E-state index in [0.717, 1.165) is 28.9 Å². The summed E-state index contributed by atoms with van der Waals surface area (Å²) in [6.07, 6.45) is 0.860. The highest BCUT2D eigenvalue weighted by atomic mass is 32.1. The van der Waals surface area contributed by atoms with E-state index in [1.54, 1.807) is 24.3 Å². The molecule has 0 radical (unpaired) electrons. The van der Waals surface area contributed by atoms with Crippen molar-refractivity contribution in [2.24, 2.45) is 5.92 Å². The highest BCUT2D eigenvalue weighted by molar-refractivity contribution is 7.22. The fraction of sp³-hybridized carbons (Fsp3) is 0.281. The van der Waals surface area contributed by atoms with Crippen LogP contribution < -0.4 is 14.4 Å². The van der Waals surface area contributed by atoms with Gasteiger partial charge in [0, 0.05) is 5.56 Å². The first-order valence-electron chi connectivity index (χ1n) is 13.3. The minimum atomic E-state index is -1.01. The number of benzene rings is 3. The Kier molecular flexibility index (Phi) is 7.82. The van der Waals surface area contributed by atoms with Crippen LogP contribution in [0.5, 0.6) is 11.5 Å². The highest BCUT2D eigenvalue weighted by Crippen LogP contribution is 2.46. The van der Waals surface area contributed by atoms with Gasteiger partial charge in [-0.05, 0) is 73.7 Å². The van der Waals surface area contributed by atoms with Gasteiger partial charge >= 0.3 is 5.91 Å². The Balaban J connectivity index is 1.69. The molecule has 0 bridgehead atoms. The number of anilines is 1. The maximum Gasteiger partial charge on any atom is 0.301 e. The number of carbonyl (C=O) groups excluding carboxylic acids is 2. The molecule has 0 aliphatic carbocycles. The average molecular weight is 575 g/mol. The third kappa shape index (κ3) is 5.41. The van der Waals surface area contributed by atoms with Crippen LogP contribution in [0.1, 0.15) is 48.6 Å². The van der Waals surface area contributed by atoms with Crippen molar-refractivity contribution in [3.8, 4) is 11.5 Å². The predicted octanol–water partition coefficient (Wildman–Crippen LogP) is 7.11. The summed E-state index contributed by atoms with van der Waals surface area (Å²) in [6, 6.07) is 13.9. The number of carbonyl (C=O) groups is 2. The fourth-order valence-electron chi connectivity index (χ4n) is 4.85. The van der Waals surface area contributed by atoms with Crippen LogP contribution in [0.3, 0.4) is 0 Å². The number of aryl methyl sites for hydroxylation is 2. The summed E-state index contributed by atoms with van der Waals surface area (Å²) in [6.45, 7) is 8.43. The van der Waals surface area contributed by atoms with E-state index in [2.05, 4.69) is 18.8 Å². The number of ketones is 1. The number of Topliss-reactive ketones (excluding diaryl/α,β-unsaturated/α-hetero) is 1. The Bertz CT molecular complexity index is 1690. The summed E-state index contributed by atoms with van der Waals surface area (Å²) >= 11 is 1.10. The zero-order valence-corrected chi connectivity index (χ0v) is 24.3. The minimum absolute atomic E-state index is 0.0651. The zero-order chi connectivity index (χ0) is 29.4. The summed E-state index contributed by atoms with van der Waals surface area (Å²) in [4.78, 5) is 33.1. The highest BCUT2D eigenvalue weighted by Gasteiger charge is 2.48. The lowest BCUT2D eigenvalue weighted by molar-refractivity contribution is -0.132. The van der Waals surface area contributed by atoms with Crippen molar-refractivity contribution >= 4 is 44.1 Å². The number of rotatable bonds is 8. The van der Waals surface area contributed by atoms with Crippen LogP contribution >= 0.6 is 11.3 Å². The van der Waals surface area contributed by atoms with Crippen LogP contribution in [0.15, 0.2) is 60.2 Å². The SMILES string of the molecule is COc1cc(C2C(=C(O)c3cc(C)ccc3C)C(=O)C(=O)N2c2nc3ccc(F)cc3s2)ccc1OCCC(C)C. The van der Waals surface area contributed by atoms with E-state index >= 15 is 0 Å². The number of nitrogens with zero attached hydrogens (tertiary/aromatic N) is 2. The van der Waals surface area contributed by atoms with E-state index < -0.39 is 23.5 Å². The molecule has 3 aromatic carbocycles. The van der Waals surface area contributed by atoms with Gasteiger partial charge in [-0.1, -0.05) is 48.9 Å². The van der Waals surface area contributed by atoms with E-state index in [-0.39, 0.29) is 16.5 Å². The van der Waals surface area contributed by atoms with Gasteiger partial charge in [0.15, 0.2) is 16.6 Å². The first kappa shape index (κ1) is 28.3. The molecule has 1 aromatic heterocycles. The van der Waals surface area contributed by atoms with Gasteiger partial charge in [0.05, 0.1) is 35.5 Å². The van der Waals surface area contributed by atoms with Gasteiger partial charge in [0.25, 0.3) is 5.78 Å². The topological polar surface area (TPSA) is 89.0 Å². The maximum atomic E-state index is 14.0. The Morgan fingerprint density at radius 2 is 1.85 bits per heavy atom. The smallest absolute Gasteiger partial charge is 0.301 e. The van der Waals surface area contributed by atoms with Gasteiger partial charge < -0.3 is 14.6 Å². The molecule has 1 N–H and O–H groups in total. The molecule has 7 nitrogen and oxygen atoms in total. The average Bonchev–Trinajstić information content (AvgIpc) is 3.47. The largest absolute Gasteiger partial charge is 0.507 e. The lowest BCUT2D eigenvalue weighted by Gasteiger charge is -2.24. The molecule has 1 amide bonds. The molecule has 2 heterocycles. The second kappa shape index (κ2) is 11.3. The molecule has 1 aliphatic rings. The maximum absolute atomic E-state index is 14.0. The van der Waals surface area contributed by atoms with Crippen molar-refractivity contribution < 1.29 is 28.6 Å². The Hall–Kier alpha value is -4.24. The van der Waals surface area contributed by atoms with Crippen LogP contribution in [0, 0.1) is 25.6 Å². The molecule has 1 atom stereocenters. The van der Waals surface area contributed by atoms with Gasteiger partial charge in [-0.2, -0.15) is 0 Å². The Morgan fingerprint density at radius 1 is 1.07 bits per heavy atom. The van der Waals surface area contributed by atoms with Crippen molar-refractivity contribution in [1.29, 1.82) is 0 Å². The van der Waals surface area contributed by atoms with Crippen LogP contribution in [0.4, 0.5) is 9.52 Å². The monoisotopic (exact) mass is 574 g/mol. The number of hydrogen-bond donors (Lipinski definition) is 1. The van der Waals surface area contributed by atoms with Crippen molar-refractivity contribution in [2.45, 2.75) is 40.2 Å². The van der Waals surface area contributed by atoms with Crippen molar-refractivity contribution in [1.82, 2.24) is 4.98 Å².